The van der Waals surface area contributed by atoms with E-state index in [4.69, 9.17) is 0 Å². The van der Waals surface area contributed by atoms with Gasteiger partial charge in [0.15, 0.2) is 0 Å². The van der Waals surface area contributed by atoms with E-state index >= 15 is 0 Å². The van der Waals surface area contributed by atoms with Crippen LogP contribution in [0.2, 0.25) is 0 Å². The second-order valence-corrected chi connectivity index (χ2v) is 0. The van der Waals surface area contributed by atoms with Gasteiger partial charge in [-0.15, -0.1) is 0 Å². The van der Waals surface area contributed by atoms with Crippen LogP contribution < -0.4 is 0 Å². The fourth-order valence-corrected chi connectivity index (χ4v) is 0. The molecular formula is H6Bi2O6. The van der Waals surface area contributed by atoms with Crippen LogP contribution in [0.15, 0.2) is 0 Å². The molecule has 0 aliphatic rings. The van der Waals surface area contributed by atoms with Crippen molar-refractivity contribution in [1.29, 1.82) is 0 Å². The van der Waals surface area contributed by atoms with Crippen LogP contribution in [0.5, 0.6) is 0 Å². The molecule has 4 radical (unpaired) electrons. The molecule has 6 N–H and O–H groups in total. The average molecular weight is 520 g/mol. The molecule has 0 atom stereocenters. The Morgan fingerprint density at radius 1 is 0.250 bits per heavy atom. The van der Waals surface area contributed by atoms with Gasteiger partial charge >= 0.3 is 52.4 Å². The molecule has 0 bridgehead atoms. The first-order chi connectivity index (χ1) is 0. The standard InChI is InChI=1S/2Bi.6H2O/h;;6*1H2/q2*+3;;;;;;/p-6. The quantitative estimate of drug-likeness (QED) is 0.339. The second kappa shape index (κ2) is 207. The Labute approximate surface area is 84.7 Å². The Hall–Kier alpha value is 1.53. The van der Waals surface area contributed by atoms with E-state index in [1.54, 1.807) is 0 Å². The summed E-state index contributed by atoms with van der Waals surface area (Å²) in [5.74, 6) is 0. The molecule has 0 aliphatic carbocycles. The van der Waals surface area contributed by atoms with Gasteiger partial charge in [-0.05, 0) is 0 Å². The fourth-order valence-electron chi connectivity index (χ4n) is 0. The largest absolute Gasteiger partial charge is 3.00 e. The average Bonchev–Trinajstić information content (AvgIpc) is 0. The first-order valence-corrected chi connectivity index (χ1v) is 0. The van der Waals surface area contributed by atoms with E-state index in [-0.39, 0.29) is 85.3 Å². The molecule has 0 aromatic rings. The monoisotopic (exact) mass is 520 g/mol. The van der Waals surface area contributed by atoms with Crippen molar-refractivity contribution in [2.45, 2.75) is 0 Å². The van der Waals surface area contributed by atoms with Crippen LogP contribution in [0.4, 0.5) is 0 Å². The summed E-state index contributed by atoms with van der Waals surface area (Å²) in [7, 11) is 0. The molecule has 0 amide bonds. The van der Waals surface area contributed by atoms with Crippen molar-refractivity contribution in [3.8, 4) is 0 Å². The molecule has 0 unspecified atom stereocenters. The van der Waals surface area contributed by atoms with Crippen LogP contribution in [-0.2, 0) is 0 Å². The minimum absolute atomic E-state index is 0. The summed E-state index contributed by atoms with van der Waals surface area (Å²) in [6, 6.07) is 0. The maximum absolute atomic E-state index is 0. The van der Waals surface area contributed by atoms with Gasteiger partial charge in [-0.2, -0.15) is 0 Å². The number of hydrogen-bond acceptors (Lipinski definition) is 6. The first kappa shape index (κ1) is 297. The van der Waals surface area contributed by atoms with Gasteiger partial charge in [-0.3, -0.25) is 0 Å². The van der Waals surface area contributed by atoms with Crippen LogP contribution in [0, 0.1) is 0 Å². The second-order valence-electron chi connectivity index (χ2n) is 0. The van der Waals surface area contributed by atoms with Gasteiger partial charge in [-0.1, -0.05) is 0 Å². The fraction of sp³-hybridized carbons (Fsp3) is 0. The SMILES string of the molecule is [Bi+3].[Bi+3].[OH-].[OH-].[OH-].[OH-].[OH-].[OH-]. The summed E-state index contributed by atoms with van der Waals surface area (Å²) >= 11 is 0. The van der Waals surface area contributed by atoms with E-state index in [2.05, 4.69) is 0 Å². The van der Waals surface area contributed by atoms with Crippen molar-refractivity contribution in [3.63, 3.8) is 0 Å². The van der Waals surface area contributed by atoms with Gasteiger partial charge in [0.05, 0.1) is 0 Å². The van der Waals surface area contributed by atoms with E-state index in [9.17, 15) is 0 Å². The maximum Gasteiger partial charge on any atom is 3.00 e. The van der Waals surface area contributed by atoms with Crippen molar-refractivity contribution >= 4 is 52.4 Å². The third-order valence-corrected chi connectivity index (χ3v) is 0. The molecule has 0 saturated heterocycles. The van der Waals surface area contributed by atoms with E-state index in [0.717, 1.165) is 0 Å². The van der Waals surface area contributed by atoms with Crippen LogP contribution in [0.1, 0.15) is 0 Å². The molecule has 0 heterocycles. The van der Waals surface area contributed by atoms with E-state index in [0.29, 0.717) is 0 Å². The summed E-state index contributed by atoms with van der Waals surface area (Å²) in [5.41, 5.74) is 0. The van der Waals surface area contributed by atoms with E-state index < -0.39 is 0 Å². The molecule has 0 rings (SSSR count). The third-order valence-electron chi connectivity index (χ3n) is 0. The Kier molecular flexibility index (Phi) is 7710. The van der Waals surface area contributed by atoms with Crippen molar-refractivity contribution in [3.05, 3.63) is 0 Å². The Morgan fingerprint density at radius 3 is 0.250 bits per heavy atom. The summed E-state index contributed by atoms with van der Waals surface area (Å²) in [6.07, 6.45) is 0. The zero-order valence-corrected chi connectivity index (χ0v) is 10.5. The van der Waals surface area contributed by atoms with Crippen LogP contribution in [0.3, 0.4) is 0 Å². The molecule has 6 nitrogen and oxygen atoms in total. The summed E-state index contributed by atoms with van der Waals surface area (Å²) in [4.78, 5) is 0. The van der Waals surface area contributed by atoms with E-state index in [1.807, 2.05) is 0 Å². The Balaban J connectivity index is 0. The van der Waals surface area contributed by atoms with Gasteiger partial charge in [0, 0.05) is 0 Å². The summed E-state index contributed by atoms with van der Waals surface area (Å²) < 4.78 is 0. The van der Waals surface area contributed by atoms with Gasteiger partial charge in [0.1, 0.15) is 0 Å². The molecule has 8 heteroatoms. The molecule has 52 valence electrons. The Bertz CT molecular complexity index is 6.49. The molecule has 0 saturated carbocycles. The zero-order valence-electron chi connectivity index (χ0n) is 3.58. The molecule has 0 fully saturated rings. The molecular weight excluding hydrogens is 514 g/mol. The van der Waals surface area contributed by atoms with Crippen LogP contribution in [-0.4, -0.2) is 85.3 Å². The van der Waals surface area contributed by atoms with Gasteiger partial charge < -0.3 is 32.9 Å². The molecule has 0 spiro atoms. The molecule has 0 aromatic carbocycles. The predicted octanol–water partition coefficient (Wildman–Crippen LogP) is -1.82. The van der Waals surface area contributed by atoms with Crippen molar-refractivity contribution in [1.82, 2.24) is 0 Å². The molecule has 0 aromatic heterocycles. The zero-order chi connectivity index (χ0) is 0. The summed E-state index contributed by atoms with van der Waals surface area (Å²) in [6.45, 7) is 0. The van der Waals surface area contributed by atoms with Gasteiger partial charge in [0.2, 0.25) is 0 Å². The van der Waals surface area contributed by atoms with Gasteiger partial charge in [-0.25, -0.2) is 0 Å². The summed E-state index contributed by atoms with van der Waals surface area (Å²) in [5, 5.41) is 0. The van der Waals surface area contributed by atoms with Crippen LogP contribution >= 0.6 is 0 Å². The van der Waals surface area contributed by atoms with Crippen molar-refractivity contribution in [2.24, 2.45) is 0 Å². The Morgan fingerprint density at radius 2 is 0.250 bits per heavy atom. The first-order valence-electron chi connectivity index (χ1n) is 0. The topological polar surface area (TPSA) is 180 Å². The minimum atomic E-state index is 0. The molecule has 0 aliphatic heterocycles. The van der Waals surface area contributed by atoms with Gasteiger partial charge in [0.25, 0.3) is 0 Å². The third kappa shape index (κ3) is 138. The molecule has 8 heavy (non-hydrogen) atoms. The smallest absolute Gasteiger partial charge is 0.870 e. The normalized spacial score (nSPS) is 0. The van der Waals surface area contributed by atoms with Crippen molar-refractivity contribution < 1.29 is 32.9 Å². The van der Waals surface area contributed by atoms with E-state index in [1.165, 1.54) is 0 Å². The maximum atomic E-state index is 0. The number of hydrogen-bond donors (Lipinski definition) is 0. The number of rotatable bonds is 0. The minimum Gasteiger partial charge on any atom is -0.870 e. The van der Waals surface area contributed by atoms with Crippen LogP contribution in [0.25, 0.3) is 0 Å². The van der Waals surface area contributed by atoms with Crippen molar-refractivity contribution in [2.75, 3.05) is 0 Å². The predicted molar refractivity (Wildman–Crippen MR) is 23.1 cm³/mol.